The Morgan fingerprint density at radius 2 is 1.70 bits per heavy atom. The number of carbonyl (C=O) groups excluding carboxylic acids is 1. The third-order valence-corrected chi connectivity index (χ3v) is 5.53. The summed E-state index contributed by atoms with van der Waals surface area (Å²) in [5, 5.41) is 0. The van der Waals surface area contributed by atoms with Gasteiger partial charge in [0.1, 0.15) is 0 Å². The van der Waals surface area contributed by atoms with Gasteiger partial charge in [0.15, 0.2) is 0 Å². The van der Waals surface area contributed by atoms with Crippen LogP contribution in [0.2, 0.25) is 0 Å². The lowest BCUT2D eigenvalue weighted by Crippen LogP contribution is -2.00. The summed E-state index contributed by atoms with van der Waals surface area (Å²) in [6.07, 6.45) is 4.17. The topological polar surface area (TPSA) is 35.5 Å². The summed E-state index contributed by atoms with van der Waals surface area (Å²) in [5.74, 6) is 0.141. The molecular formula is C27H32O3. The van der Waals surface area contributed by atoms with E-state index in [0.29, 0.717) is 18.1 Å². The Morgan fingerprint density at radius 1 is 0.900 bits per heavy atom. The van der Waals surface area contributed by atoms with Gasteiger partial charge in [0.05, 0.1) is 19.3 Å². The van der Waals surface area contributed by atoms with Crippen molar-refractivity contribution < 1.29 is 14.3 Å². The first-order valence-electron chi connectivity index (χ1n) is 10.9. The molecule has 3 nitrogen and oxygen atoms in total. The number of ether oxygens (including phenoxy) is 2. The molecule has 0 aliphatic heterocycles. The quantitative estimate of drug-likeness (QED) is 0.281. The van der Waals surface area contributed by atoms with E-state index in [4.69, 9.17) is 9.47 Å². The van der Waals surface area contributed by atoms with Crippen LogP contribution in [-0.4, -0.2) is 19.7 Å². The molecule has 0 unspecified atom stereocenters. The zero-order valence-electron chi connectivity index (χ0n) is 18.3. The second-order valence-corrected chi connectivity index (χ2v) is 8.08. The van der Waals surface area contributed by atoms with Crippen molar-refractivity contribution >= 4 is 5.97 Å². The van der Waals surface area contributed by atoms with Crippen LogP contribution in [0.15, 0.2) is 60.7 Å². The van der Waals surface area contributed by atoms with Gasteiger partial charge in [-0.25, -0.2) is 4.79 Å². The normalized spacial score (nSPS) is 11.2. The van der Waals surface area contributed by atoms with Gasteiger partial charge in [-0.1, -0.05) is 74.9 Å². The molecule has 158 valence electrons. The van der Waals surface area contributed by atoms with E-state index in [1.807, 2.05) is 24.3 Å². The van der Waals surface area contributed by atoms with E-state index < -0.39 is 0 Å². The number of rotatable bonds is 10. The Hall–Kier alpha value is -2.65. The highest BCUT2D eigenvalue weighted by Gasteiger charge is 2.21. The summed E-state index contributed by atoms with van der Waals surface area (Å²) >= 11 is 0. The van der Waals surface area contributed by atoms with E-state index in [9.17, 15) is 4.79 Å². The van der Waals surface area contributed by atoms with Crippen LogP contribution in [0.3, 0.4) is 0 Å². The molecular weight excluding hydrogens is 372 g/mol. The highest BCUT2D eigenvalue weighted by atomic mass is 16.5. The van der Waals surface area contributed by atoms with Crippen LogP contribution in [-0.2, 0) is 22.5 Å². The van der Waals surface area contributed by atoms with Gasteiger partial charge < -0.3 is 9.47 Å². The van der Waals surface area contributed by atoms with Crippen LogP contribution in [0.25, 0.3) is 11.1 Å². The Labute approximate surface area is 180 Å². The van der Waals surface area contributed by atoms with Crippen molar-refractivity contribution in [3.8, 4) is 11.1 Å². The lowest BCUT2D eigenvalue weighted by Gasteiger charge is -2.06. The van der Waals surface area contributed by atoms with Crippen molar-refractivity contribution in [1.82, 2.24) is 0 Å². The summed E-state index contributed by atoms with van der Waals surface area (Å²) in [4.78, 5) is 12.4. The molecule has 0 saturated carbocycles. The highest BCUT2D eigenvalue weighted by molar-refractivity contribution is 6.00. The van der Waals surface area contributed by atoms with Crippen LogP contribution < -0.4 is 0 Å². The average molecular weight is 405 g/mol. The molecule has 0 N–H and O–H groups in total. The number of methoxy groups -OCH3 is 1. The van der Waals surface area contributed by atoms with Crippen molar-refractivity contribution in [2.24, 2.45) is 0 Å². The number of unbranched alkanes of at least 4 members (excludes halogenated alkanes) is 2. The molecule has 2 aliphatic carbocycles. The molecule has 0 aromatic heterocycles. The molecule has 0 fully saturated rings. The summed E-state index contributed by atoms with van der Waals surface area (Å²) in [6.45, 7) is 5.79. The summed E-state index contributed by atoms with van der Waals surface area (Å²) in [7, 11) is 1.45. The van der Waals surface area contributed by atoms with Crippen LogP contribution in [0, 0.1) is 0 Å². The minimum atomic E-state index is -0.263. The summed E-state index contributed by atoms with van der Waals surface area (Å²) in [6, 6.07) is 20.8. The third kappa shape index (κ3) is 5.70. The Kier molecular flexibility index (Phi) is 8.04. The summed E-state index contributed by atoms with van der Waals surface area (Å²) < 4.78 is 10.8. The van der Waals surface area contributed by atoms with Gasteiger partial charge in [0, 0.05) is 6.61 Å². The number of esters is 1. The lowest BCUT2D eigenvalue weighted by atomic mass is 10.0. The first-order valence-corrected chi connectivity index (χ1v) is 10.9. The van der Waals surface area contributed by atoms with Crippen molar-refractivity contribution in [3.63, 3.8) is 0 Å². The predicted octanol–water partition coefficient (Wildman–Crippen LogP) is 6.63. The van der Waals surface area contributed by atoms with E-state index in [0.717, 1.165) is 43.4 Å². The molecule has 0 amide bonds. The van der Waals surface area contributed by atoms with Gasteiger partial charge in [0.25, 0.3) is 0 Å². The van der Waals surface area contributed by atoms with E-state index in [1.54, 1.807) is 0 Å². The van der Waals surface area contributed by atoms with Gasteiger partial charge in [-0.15, -0.1) is 0 Å². The molecule has 1 aromatic rings. The van der Waals surface area contributed by atoms with Crippen LogP contribution in [0.5, 0.6) is 0 Å². The van der Waals surface area contributed by atoms with Crippen LogP contribution in [0.4, 0.5) is 0 Å². The fourth-order valence-electron chi connectivity index (χ4n) is 3.78. The first-order chi connectivity index (χ1) is 14.6. The number of hydrogen-bond acceptors (Lipinski definition) is 3. The highest BCUT2D eigenvalue weighted by Crippen LogP contribution is 2.35. The Morgan fingerprint density at radius 3 is 2.43 bits per heavy atom. The fraction of sp³-hybridized carbons (Fsp3) is 0.370. The van der Waals surface area contributed by atoms with Gasteiger partial charge in [0.2, 0.25) is 0 Å². The standard InChI is InChI=1S/C27H32O3/c1-20(2)22-14-10-15-24-23(18-26(25(24)17-22)27(28)29-3)13-8-5-9-16-30-19-21-11-6-4-7-12-21/h4,6-7,10-12,14-15,17-18,20H,5,8-9,13,16,19H2,1-3H3. The minimum absolute atomic E-state index is 0.263. The number of fused-ring (bicyclic) bond motifs is 1. The molecule has 0 saturated heterocycles. The number of carbonyl (C=O) groups is 1. The number of benzene rings is 1. The SMILES string of the molecule is COC(=O)c1cc(CCCCCOCc2ccccc2)c2cccc(C(C)C)cc1-2. The molecule has 0 spiro atoms. The molecule has 3 rings (SSSR count). The lowest BCUT2D eigenvalue weighted by molar-refractivity contribution is 0.0602. The molecule has 0 radical (unpaired) electrons. The number of hydrogen-bond donors (Lipinski definition) is 0. The maximum Gasteiger partial charge on any atom is 0.338 e. The monoisotopic (exact) mass is 404 g/mol. The van der Waals surface area contributed by atoms with E-state index >= 15 is 0 Å². The maximum absolute atomic E-state index is 12.4. The smallest absolute Gasteiger partial charge is 0.338 e. The predicted molar refractivity (Wildman–Crippen MR) is 122 cm³/mol. The molecule has 0 heterocycles. The van der Waals surface area contributed by atoms with Gasteiger partial charge in [-0.05, 0) is 59.1 Å². The average Bonchev–Trinajstić information content (AvgIpc) is 2.94. The Balaban J connectivity index is 1.57. The second-order valence-electron chi connectivity index (χ2n) is 8.08. The largest absolute Gasteiger partial charge is 0.465 e. The maximum atomic E-state index is 12.4. The van der Waals surface area contributed by atoms with Gasteiger partial charge in [-0.2, -0.15) is 0 Å². The minimum Gasteiger partial charge on any atom is -0.465 e. The molecule has 0 bridgehead atoms. The molecule has 30 heavy (non-hydrogen) atoms. The van der Waals surface area contributed by atoms with Crippen molar-refractivity contribution in [3.05, 3.63) is 82.9 Å². The first kappa shape index (κ1) is 22.0. The van der Waals surface area contributed by atoms with E-state index in [-0.39, 0.29) is 5.97 Å². The van der Waals surface area contributed by atoms with Crippen molar-refractivity contribution in [2.75, 3.05) is 13.7 Å². The van der Waals surface area contributed by atoms with Gasteiger partial charge in [-0.3, -0.25) is 0 Å². The zero-order chi connectivity index (χ0) is 21.3. The van der Waals surface area contributed by atoms with Crippen molar-refractivity contribution in [1.29, 1.82) is 0 Å². The molecule has 1 aromatic carbocycles. The van der Waals surface area contributed by atoms with Crippen molar-refractivity contribution in [2.45, 2.75) is 52.1 Å². The fourth-order valence-corrected chi connectivity index (χ4v) is 3.78. The van der Waals surface area contributed by atoms with Gasteiger partial charge >= 0.3 is 5.97 Å². The van der Waals surface area contributed by atoms with Crippen LogP contribution >= 0.6 is 0 Å². The Bertz CT molecular complexity index is 915. The number of aryl methyl sites for hydroxylation is 1. The molecule has 2 aliphatic rings. The summed E-state index contributed by atoms with van der Waals surface area (Å²) in [5.41, 5.74) is 6.49. The third-order valence-electron chi connectivity index (χ3n) is 5.53. The van der Waals surface area contributed by atoms with E-state index in [1.165, 1.54) is 23.8 Å². The molecule has 3 heteroatoms. The molecule has 0 atom stereocenters. The zero-order valence-corrected chi connectivity index (χ0v) is 18.3. The van der Waals surface area contributed by atoms with Crippen LogP contribution in [0.1, 0.15) is 66.1 Å². The second kappa shape index (κ2) is 10.9. The van der Waals surface area contributed by atoms with E-state index in [2.05, 4.69) is 50.2 Å².